The molecule has 0 saturated carbocycles. The highest BCUT2D eigenvalue weighted by Crippen LogP contribution is 2.51. The second-order valence-electron chi connectivity index (χ2n) is 6.82. The summed E-state index contributed by atoms with van der Waals surface area (Å²) in [5.41, 5.74) is 10.3. The Bertz CT molecular complexity index is 965. The smallest absolute Gasteiger partial charge is 0.00263 e. The molecule has 0 amide bonds. The van der Waals surface area contributed by atoms with Crippen LogP contribution in [0.1, 0.15) is 25.0 Å². The lowest BCUT2D eigenvalue weighted by Gasteiger charge is -2.10. The van der Waals surface area contributed by atoms with Crippen molar-refractivity contribution < 1.29 is 0 Å². The summed E-state index contributed by atoms with van der Waals surface area (Å²) < 4.78 is 0. The van der Waals surface area contributed by atoms with E-state index in [0.29, 0.717) is 5.92 Å². The quantitative estimate of drug-likeness (QED) is 0.396. The number of rotatable bonds is 1. The zero-order chi connectivity index (χ0) is 14.8. The molecule has 0 bridgehead atoms. The summed E-state index contributed by atoms with van der Waals surface area (Å²) in [6, 6.07) is 18.0. The number of benzene rings is 3. The lowest BCUT2D eigenvalue weighted by atomic mass is 9.93. The third-order valence-electron chi connectivity index (χ3n) is 5.28. The molecule has 22 heavy (non-hydrogen) atoms. The van der Waals surface area contributed by atoms with Crippen molar-refractivity contribution >= 4 is 16.8 Å². The molecule has 0 heteroatoms. The fraction of sp³-hybridized carbons (Fsp3) is 0.182. The van der Waals surface area contributed by atoms with Gasteiger partial charge in [-0.05, 0) is 56.5 Å². The van der Waals surface area contributed by atoms with E-state index in [4.69, 9.17) is 0 Å². The van der Waals surface area contributed by atoms with Gasteiger partial charge in [-0.2, -0.15) is 0 Å². The minimum Gasteiger partial charge on any atom is -0.0626 e. The average molecular weight is 282 g/mol. The van der Waals surface area contributed by atoms with Gasteiger partial charge >= 0.3 is 0 Å². The molecule has 3 aromatic rings. The Morgan fingerprint density at radius 2 is 1.59 bits per heavy atom. The summed E-state index contributed by atoms with van der Waals surface area (Å²) in [5, 5.41) is 2.79. The SMILES string of the molecule is CC(C)C1=Cc2ccc3c(c2C1)-c1cccc2cccc-3c12. The highest BCUT2D eigenvalue weighted by Gasteiger charge is 2.27. The van der Waals surface area contributed by atoms with E-state index in [1.165, 1.54) is 44.2 Å². The highest BCUT2D eigenvalue weighted by molar-refractivity contribution is 6.16. The lowest BCUT2D eigenvalue weighted by molar-refractivity contribution is 0.755. The monoisotopic (exact) mass is 282 g/mol. The molecule has 0 aliphatic heterocycles. The van der Waals surface area contributed by atoms with Gasteiger partial charge in [-0.15, -0.1) is 0 Å². The minimum absolute atomic E-state index is 0.627. The van der Waals surface area contributed by atoms with E-state index in [2.05, 4.69) is 68.5 Å². The largest absolute Gasteiger partial charge is 0.0626 e. The van der Waals surface area contributed by atoms with E-state index >= 15 is 0 Å². The van der Waals surface area contributed by atoms with Gasteiger partial charge in [-0.25, -0.2) is 0 Å². The van der Waals surface area contributed by atoms with Gasteiger partial charge in [0.05, 0.1) is 0 Å². The van der Waals surface area contributed by atoms with Gasteiger partial charge in [-0.1, -0.05) is 74.0 Å². The molecule has 5 rings (SSSR count). The van der Waals surface area contributed by atoms with E-state index in [-0.39, 0.29) is 0 Å². The van der Waals surface area contributed by atoms with Gasteiger partial charge in [0, 0.05) is 0 Å². The minimum atomic E-state index is 0.627. The standard InChI is InChI=1S/C22H18/c1-13(2)16-11-15-9-10-18-17-7-3-5-14-6-4-8-19(21(14)17)22(18)20(15)12-16/h3-11,13H,12H2,1-2H3. The molecular weight excluding hydrogens is 264 g/mol. The molecule has 0 spiro atoms. The lowest BCUT2D eigenvalue weighted by Crippen LogP contribution is -1.95. The highest BCUT2D eigenvalue weighted by atomic mass is 14.3. The Hall–Kier alpha value is -2.34. The molecule has 2 aliphatic rings. The van der Waals surface area contributed by atoms with E-state index in [1.54, 1.807) is 5.57 Å². The van der Waals surface area contributed by atoms with Gasteiger partial charge in [0.15, 0.2) is 0 Å². The first-order valence-electron chi connectivity index (χ1n) is 8.13. The summed E-state index contributed by atoms with van der Waals surface area (Å²) in [7, 11) is 0. The van der Waals surface area contributed by atoms with Crippen LogP contribution in [0, 0.1) is 5.92 Å². The zero-order valence-corrected chi connectivity index (χ0v) is 13.0. The van der Waals surface area contributed by atoms with Gasteiger partial charge in [-0.3, -0.25) is 0 Å². The summed E-state index contributed by atoms with van der Waals surface area (Å²) in [5.74, 6) is 0.627. The molecular formula is C22H18. The van der Waals surface area contributed by atoms with Crippen molar-refractivity contribution in [3.63, 3.8) is 0 Å². The van der Waals surface area contributed by atoms with Gasteiger partial charge in [0.25, 0.3) is 0 Å². The predicted octanol–water partition coefficient (Wildman–Crippen LogP) is 6.08. The first kappa shape index (κ1) is 12.2. The second-order valence-corrected chi connectivity index (χ2v) is 6.82. The van der Waals surface area contributed by atoms with Crippen LogP contribution in [-0.2, 0) is 6.42 Å². The fourth-order valence-electron chi connectivity index (χ4n) is 4.12. The molecule has 2 aliphatic carbocycles. The van der Waals surface area contributed by atoms with Crippen LogP contribution in [0.4, 0.5) is 0 Å². The van der Waals surface area contributed by atoms with Crippen molar-refractivity contribution in [1.82, 2.24) is 0 Å². The van der Waals surface area contributed by atoms with E-state index in [0.717, 1.165) is 6.42 Å². The molecule has 0 heterocycles. The molecule has 0 atom stereocenters. The third-order valence-corrected chi connectivity index (χ3v) is 5.28. The fourth-order valence-corrected chi connectivity index (χ4v) is 4.12. The molecule has 106 valence electrons. The van der Waals surface area contributed by atoms with Crippen LogP contribution in [0.3, 0.4) is 0 Å². The average Bonchev–Trinajstić information content (AvgIpc) is 3.09. The van der Waals surface area contributed by atoms with Crippen LogP contribution in [0.2, 0.25) is 0 Å². The molecule has 3 aromatic carbocycles. The number of hydrogen-bond acceptors (Lipinski definition) is 0. The van der Waals surface area contributed by atoms with E-state index in [1.807, 2.05) is 0 Å². The zero-order valence-electron chi connectivity index (χ0n) is 13.0. The molecule has 0 aromatic heterocycles. The van der Waals surface area contributed by atoms with Crippen LogP contribution in [0.15, 0.2) is 54.1 Å². The normalized spacial score (nSPS) is 14.4. The maximum Gasteiger partial charge on any atom is -0.00263 e. The van der Waals surface area contributed by atoms with Gasteiger partial charge in [0.2, 0.25) is 0 Å². The molecule has 0 saturated heterocycles. The third kappa shape index (κ3) is 1.42. The molecule has 0 nitrogen and oxygen atoms in total. The number of fused-ring (bicyclic) bond motifs is 5. The maximum atomic E-state index is 2.41. The van der Waals surface area contributed by atoms with Gasteiger partial charge < -0.3 is 0 Å². The molecule has 0 fully saturated rings. The van der Waals surface area contributed by atoms with Crippen molar-refractivity contribution in [2.24, 2.45) is 5.92 Å². The summed E-state index contributed by atoms with van der Waals surface area (Å²) >= 11 is 0. The van der Waals surface area contributed by atoms with Crippen molar-refractivity contribution in [2.45, 2.75) is 20.3 Å². The molecule has 0 unspecified atom stereocenters. The van der Waals surface area contributed by atoms with Gasteiger partial charge in [0.1, 0.15) is 0 Å². The van der Waals surface area contributed by atoms with E-state index in [9.17, 15) is 0 Å². The van der Waals surface area contributed by atoms with Crippen LogP contribution in [0.5, 0.6) is 0 Å². The Morgan fingerprint density at radius 1 is 0.818 bits per heavy atom. The second kappa shape index (κ2) is 4.10. The number of hydrogen-bond donors (Lipinski definition) is 0. The predicted molar refractivity (Wildman–Crippen MR) is 94.9 cm³/mol. The Morgan fingerprint density at radius 3 is 2.36 bits per heavy atom. The van der Waals surface area contributed by atoms with Crippen molar-refractivity contribution in [3.05, 3.63) is 65.2 Å². The van der Waals surface area contributed by atoms with Crippen LogP contribution in [0.25, 0.3) is 39.1 Å². The van der Waals surface area contributed by atoms with E-state index < -0.39 is 0 Å². The molecule has 0 radical (unpaired) electrons. The summed E-state index contributed by atoms with van der Waals surface area (Å²) in [4.78, 5) is 0. The van der Waals surface area contributed by atoms with Crippen molar-refractivity contribution in [1.29, 1.82) is 0 Å². The summed E-state index contributed by atoms with van der Waals surface area (Å²) in [6.07, 6.45) is 3.52. The van der Waals surface area contributed by atoms with Crippen molar-refractivity contribution in [2.75, 3.05) is 0 Å². The maximum absolute atomic E-state index is 2.41. The molecule has 0 N–H and O–H groups in total. The Kier molecular flexibility index (Phi) is 2.28. The Labute approximate surface area is 131 Å². The van der Waals surface area contributed by atoms with Crippen molar-refractivity contribution in [3.8, 4) is 22.3 Å². The Balaban J connectivity index is 1.84. The number of allylic oxidation sites excluding steroid dienone is 1. The first-order valence-corrected chi connectivity index (χ1v) is 8.13. The van der Waals surface area contributed by atoms with Crippen LogP contribution < -0.4 is 0 Å². The van der Waals surface area contributed by atoms with Crippen LogP contribution >= 0.6 is 0 Å². The topological polar surface area (TPSA) is 0 Å². The first-order chi connectivity index (χ1) is 10.7. The van der Waals surface area contributed by atoms with Crippen LogP contribution in [-0.4, -0.2) is 0 Å². The summed E-state index contributed by atoms with van der Waals surface area (Å²) in [6.45, 7) is 4.60.